The molecule has 0 amide bonds. The van der Waals surface area contributed by atoms with E-state index in [0.717, 1.165) is 18.6 Å². The van der Waals surface area contributed by atoms with Crippen molar-refractivity contribution in [3.8, 4) is 0 Å². The van der Waals surface area contributed by atoms with Crippen LogP contribution < -0.4 is 0 Å². The fourth-order valence-corrected chi connectivity index (χ4v) is 2.19. The molecule has 0 unspecified atom stereocenters. The van der Waals surface area contributed by atoms with Gasteiger partial charge in [0.25, 0.3) is 0 Å². The zero-order chi connectivity index (χ0) is 12.9. The Morgan fingerprint density at radius 3 is 2.71 bits per heavy atom. The van der Waals surface area contributed by atoms with Crippen LogP contribution in [-0.2, 0) is 10.9 Å². The molecule has 0 spiro atoms. The highest BCUT2D eigenvalue weighted by atomic mass is 35.5. The van der Waals surface area contributed by atoms with E-state index in [1.807, 2.05) is 0 Å². The Balaban J connectivity index is 2.69. The number of thioether (sulfide) groups is 1. The monoisotopic (exact) mass is 285 g/mol. The molecule has 0 N–H and O–H groups in total. The average molecular weight is 286 g/mol. The standard InChI is InChI=1S/C10H11ClF3NOS/c1-16-3-2-4-17-9-6-7(10(12,13)14)5-8(11)15-9/h5-6H,2-4H2,1H3. The maximum absolute atomic E-state index is 12.5. The van der Waals surface area contributed by atoms with Gasteiger partial charge in [-0.3, -0.25) is 0 Å². The lowest BCUT2D eigenvalue weighted by molar-refractivity contribution is -0.137. The molecular weight excluding hydrogens is 275 g/mol. The highest BCUT2D eigenvalue weighted by Crippen LogP contribution is 2.33. The lowest BCUT2D eigenvalue weighted by atomic mass is 10.3. The third-order valence-electron chi connectivity index (χ3n) is 1.84. The van der Waals surface area contributed by atoms with Crippen molar-refractivity contribution in [2.45, 2.75) is 17.6 Å². The van der Waals surface area contributed by atoms with Gasteiger partial charge in [-0.25, -0.2) is 4.98 Å². The minimum Gasteiger partial charge on any atom is -0.385 e. The summed E-state index contributed by atoms with van der Waals surface area (Å²) in [4.78, 5) is 3.83. The predicted molar refractivity (Wildman–Crippen MR) is 61.5 cm³/mol. The Bertz CT molecular complexity index is 373. The van der Waals surface area contributed by atoms with Crippen LogP contribution in [0.25, 0.3) is 0 Å². The second-order valence-corrected chi connectivity index (χ2v) is 4.71. The van der Waals surface area contributed by atoms with E-state index >= 15 is 0 Å². The number of methoxy groups -OCH3 is 1. The van der Waals surface area contributed by atoms with Crippen LogP contribution in [0.3, 0.4) is 0 Å². The van der Waals surface area contributed by atoms with E-state index in [2.05, 4.69) is 4.98 Å². The molecule has 0 aliphatic heterocycles. The summed E-state index contributed by atoms with van der Waals surface area (Å²) in [6, 6.07) is 1.82. The Morgan fingerprint density at radius 1 is 1.41 bits per heavy atom. The molecule has 0 saturated heterocycles. The summed E-state index contributed by atoms with van der Waals surface area (Å²) >= 11 is 6.78. The number of rotatable bonds is 5. The first-order valence-electron chi connectivity index (χ1n) is 4.80. The Morgan fingerprint density at radius 2 is 2.12 bits per heavy atom. The maximum atomic E-state index is 12.5. The second kappa shape index (κ2) is 6.47. The van der Waals surface area contributed by atoms with Gasteiger partial charge in [0.2, 0.25) is 0 Å². The van der Waals surface area contributed by atoms with Gasteiger partial charge in [0.05, 0.1) is 10.6 Å². The van der Waals surface area contributed by atoms with Crippen LogP contribution in [0.4, 0.5) is 13.2 Å². The molecule has 0 aromatic carbocycles. The second-order valence-electron chi connectivity index (χ2n) is 3.21. The summed E-state index contributed by atoms with van der Waals surface area (Å²) in [5.74, 6) is 0.637. The fourth-order valence-electron chi connectivity index (χ4n) is 1.09. The van der Waals surface area contributed by atoms with Gasteiger partial charge >= 0.3 is 6.18 Å². The van der Waals surface area contributed by atoms with Crippen molar-refractivity contribution < 1.29 is 17.9 Å². The van der Waals surface area contributed by atoms with Gasteiger partial charge in [0.1, 0.15) is 5.15 Å². The molecule has 1 aromatic rings. The van der Waals surface area contributed by atoms with Crippen LogP contribution in [0.15, 0.2) is 17.2 Å². The Labute approximate surface area is 107 Å². The van der Waals surface area contributed by atoms with Gasteiger partial charge in [-0.05, 0) is 18.6 Å². The summed E-state index contributed by atoms with van der Waals surface area (Å²) in [6.07, 6.45) is -3.65. The lowest BCUT2D eigenvalue weighted by Gasteiger charge is -2.08. The minimum absolute atomic E-state index is 0.144. The van der Waals surface area contributed by atoms with E-state index in [4.69, 9.17) is 16.3 Å². The number of alkyl halides is 3. The molecule has 0 fully saturated rings. The van der Waals surface area contributed by atoms with Crippen molar-refractivity contribution in [3.05, 3.63) is 22.8 Å². The van der Waals surface area contributed by atoms with Crippen molar-refractivity contribution in [1.82, 2.24) is 4.98 Å². The minimum atomic E-state index is -4.39. The largest absolute Gasteiger partial charge is 0.416 e. The number of aromatic nitrogens is 1. The Kier molecular flexibility index (Phi) is 5.55. The zero-order valence-electron chi connectivity index (χ0n) is 9.05. The third-order valence-corrected chi connectivity index (χ3v) is 3.03. The van der Waals surface area contributed by atoms with Gasteiger partial charge in [-0.15, -0.1) is 11.8 Å². The van der Waals surface area contributed by atoms with Crippen LogP contribution in [0, 0.1) is 0 Å². The lowest BCUT2D eigenvalue weighted by Crippen LogP contribution is -2.05. The topological polar surface area (TPSA) is 22.1 Å². The van der Waals surface area contributed by atoms with E-state index in [1.54, 1.807) is 7.11 Å². The quantitative estimate of drug-likeness (QED) is 0.466. The SMILES string of the molecule is COCCCSc1cc(C(F)(F)F)cc(Cl)n1. The fraction of sp³-hybridized carbons (Fsp3) is 0.500. The van der Waals surface area contributed by atoms with Gasteiger partial charge in [0, 0.05) is 19.5 Å². The van der Waals surface area contributed by atoms with E-state index in [-0.39, 0.29) is 10.2 Å². The number of nitrogens with zero attached hydrogens (tertiary/aromatic N) is 1. The van der Waals surface area contributed by atoms with Crippen LogP contribution in [0.1, 0.15) is 12.0 Å². The van der Waals surface area contributed by atoms with Crippen LogP contribution in [0.2, 0.25) is 5.15 Å². The normalized spacial score (nSPS) is 11.8. The molecule has 1 rings (SSSR count). The van der Waals surface area contributed by atoms with Crippen molar-refractivity contribution in [1.29, 1.82) is 0 Å². The molecule has 1 heterocycles. The summed E-state index contributed by atoms with van der Waals surface area (Å²) in [7, 11) is 1.57. The molecule has 96 valence electrons. The Hall–Kier alpha value is -0.460. The average Bonchev–Trinajstić information content (AvgIpc) is 2.22. The highest BCUT2D eigenvalue weighted by Gasteiger charge is 2.31. The van der Waals surface area contributed by atoms with Crippen molar-refractivity contribution in [3.63, 3.8) is 0 Å². The molecular formula is C10H11ClF3NOS. The first kappa shape index (κ1) is 14.6. The summed E-state index contributed by atoms with van der Waals surface area (Å²) < 4.78 is 42.3. The van der Waals surface area contributed by atoms with Crippen LogP contribution >= 0.6 is 23.4 Å². The number of ether oxygens (including phenoxy) is 1. The molecule has 0 radical (unpaired) electrons. The molecule has 7 heteroatoms. The first-order valence-corrected chi connectivity index (χ1v) is 6.16. The molecule has 17 heavy (non-hydrogen) atoms. The maximum Gasteiger partial charge on any atom is 0.416 e. The third kappa shape index (κ3) is 5.14. The molecule has 0 saturated carbocycles. The van der Waals surface area contributed by atoms with Crippen LogP contribution in [0.5, 0.6) is 0 Å². The van der Waals surface area contributed by atoms with E-state index < -0.39 is 11.7 Å². The van der Waals surface area contributed by atoms with Crippen molar-refractivity contribution in [2.75, 3.05) is 19.5 Å². The van der Waals surface area contributed by atoms with Crippen molar-refractivity contribution >= 4 is 23.4 Å². The van der Waals surface area contributed by atoms with E-state index in [9.17, 15) is 13.2 Å². The summed E-state index contributed by atoms with van der Waals surface area (Å²) in [5.41, 5.74) is -0.772. The summed E-state index contributed by atoms with van der Waals surface area (Å²) in [6.45, 7) is 0.569. The van der Waals surface area contributed by atoms with Gasteiger partial charge in [0.15, 0.2) is 0 Å². The molecule has 2 nitrogen and oxygen atoms in total. The summed E-state index contributed by atoms with van der Waals surface area (Å²) in [5, 5.41) is 0.134. The van der Waals surface area contributed by atoms with Gasteiger partial charge in [-0.2, -0.15) is 13.2 Å². The van der Waals surface area contributed by atoms with E-state index in [1.165, 1.54) is 11.8 Å². The number of hydrogen-bond acceptors (Lipinski definition) is 3. The molecule has 0 aliphatic carbocycles. The van der Waals surface area contributed by atoms with Gasteiger partial charge < -0.3 is 4.74 Å². The highest BCUT2D eigenvalue weighted by molar-refractivity contribution is 7.99. The van der Waals surface area contributed by atoms with Gasteiger partial charge in [-0.1, -0.05) is 11.6 Å². The van der Waals surface area contributed by atoms with E-state index in [0.29, 0.717) is 12.4 Å². The molecule has 0 atom stereocenters. The van der Waals surface area contributed by atoms with Crippen molar-refractivity contribution in [2.24, 2.45) is 0 Å². The zero-order valence-corrected chi connectivity index (χ0v) is 10.6. The number of halogens is 4. The first-order chi connectivity index (χ1) is 7.93. The smallest absolute Gasteiger partial charge is 0.385 e. The number of hydrogen-bond donors (Lipinski definition) is 0. The molecule has 0 bridgehead atoms. The number of pyridine rings is 1. The predicted octanol–water partition coefficient (Wildman–Crippen LogP) is 3.88. The van der Waals surface area contributed by atoms with Crippen LogP contribution in [-0.4, -0.2) is 24.5 Å². The molecule has 0 aliphatic rings. The molecule has 1 aromatic heterocycles.